The lowest BCUT2D eigenvalue weighted by atomic mass is 10.1. The number of rotatable bonds is 6. The van der Waals surface area contributed by atoms with E-state index in [1.807, 2.05) is 0 Å². The number of alkyl halides is 3. The van der Waals surface area contributed by atoms with Crippen LogP contribution in [0.15, 0.2) is 23.2 Å². The van der Waals surface area contributed by atoms with Gasteiger partial charge in [-0.05, 0) is 45.4 Å². The average molecular weight is 539 g/mol. The van der Waals surface area contributed by atoms with Crippen LogP contribution in [0, 0.1) is 5.82 Å². The van der Waals surface area contributed by atoms with Crippen molar-refractivity contribution in [1.82, 2.24) is 10.6 Å². The molecule has 0 aromatic heterocycles. The molecule has 2 N–H and O–H groups in total. The molecule has 0 radical (unpaired) electrons. The average Bonchev–Trinajstić information content (AvgIpc) is 2.51. The Morgan fingerprint density at radius 2 is 1.75 bits per heavy atom. The van der Waals surface area contributed by atoms with Crippen molar-refractivity contribution in [1.29, 1.82) is 0 Å². The van der Waals surface area contributed by atoms with E-state index in [-0.39, 0.29) is 54.3 Å². The highest BCUT2D eigenvalue weighted by atomic mass is 127. The van der Waals surface area contributed by atoms with Gasteiger partial charge >= 0.3 is 6.18 Å². The molecule has 0 fully saturated rings. The number of halogens is 5. The van der Waals surface area contributed by atoms with Crippen LogP contribution in [0.4, 0.5) is 17.6 Å². The first-order chi connectivity index (χ1) is 12.3. The molecule has 0 amide bonds. The Morgan fingerprint density at radius 3 is 2.25 bits per heavy atom. The molecule has 11 heteroatoms. The normalized spacial score (nSPS) is 13.1. The molecule has 0 saturated heterocycles. The molecule has 0 aliphatic carbocycles. The van der Waals surface area contributed by atoms with Crippen LogP contribution in [0.1, 0.15) is 38.8 Å². The van der Waals surface area contributed by atoms with E-state index >= 15 is 0 Å². The summed E-state index contributed by atoms with van der Waals surface area (Å²) in [7, 11) is -3.34. The van der Waals surface area contributed by atoms with Crippen LogP contribution in [0.3, 0.4) is 0 Å². The van der Waals surface area contributed by atoms with E-state index < -0.39 is 32.1 Å². The Bertz CT molecular complexity index is 776. The number of sulfone groups is 1. The van der Waals surface area contributed by atoms with Gasteiger partial charge in [-0.25, -0.2) is 17.8 Å². The molecule has 1 rings (SSSR count). The molecule has 162 valence electrons. The summed E-state index contributed by atoms with van der Waals surface area (Å²) in [5, 5.41) is 5.63. The summed E-state index contributed by atoms with van der Waals surface area (Å²) in [5.74, 6) is -0.947. The van der Waals surface area contributed by atoms with Crippen LogP contribution in [0.5, 0.6) is 0 Å². The zero-order valence-corrected chi connectivity index (χ0v) is 19.3. The number of nitrogens with zero attached hydrogens (tertiary/aromatic N) is 1. The first kappa shape index (κ1) is 26.9. The van der Waals surface area contributed by atoms with E-state index in [0.717, 1.165) is 12.1 Å². The molecule has 0 aliphatic rings. The summed E-state index contributed by atoms with van der Waals surface area (Å²) in [6.07, 6.45) is -4.69. The summed E-state index contributed by atoms with van der Waals surface area (Å²) in [6.45, 7) is 6.70. The Morgan fingerprint density at radius 1 is 1.14 bits per heavy atom. The van der Waals surface area contributed by atoms with Gasteiger partial charge in [0.2, 0.25) is 0 Å². The molecular weight excluding hydrogens is 513 g/mol. The fourth-order valence-corrected chi connectivity index (χ4v) is 3.05. The van der Waals surface area contributed by atoms with Gasteiger partial charge in [0, 0.05) is 13.1 Å². The standard InChI is InChI=1S/C17H25F4N3O2S.HI/c1-5-22-15(23-8-9-27(25,26)16(2,3)4)24-11-12-6-7-13(18)10-14(12)17(19,20)21;/h6-7,10H,5,8-9,11H2,1-4H3,(H2,22,23,24);1H. The van der Waals surface area contributed by atoms with Crippen LogP contribution in [-0.4, -0.2) is 38.0 Å². The van der Waals surface area contributed by atoms with Gasteiger partial charge in [0.15, 0.2) is 15.8 Å². The number of nitrogens with one attached hydrogen (secondary N) is 2. The molecule has 0 unspecified atom stereocenters. The van der Waals surface area contributed by atoms with Crippen LogP contribution < -0.4 is 10.6 Å². The van der Waals surface area contributed by atoms with Gasteiger partial charge in [-0.3, -0.25) is 0 Å². The molecular formula is C17H26F4IN3O2S. The number of aliphatic imine (C=N–C) groups is 1. The number of hydrogen-bond donors (Lipinski definition) is 2. The van der Waals surface area contributed by atoms with Crippen molar-refractivity contribution < 1.29 is 26.0 Å². The first-order valence-electron chi connectivity index (χ1n) is 8.38. The highest BCUT2D eigenvalue weighted by molar-refractivity contribution is 14.0. The Hall–Kier alpha value is -1.11. The third-order valence-electron chi connectivity index (χ3n) is 3.73. The maximum atomic E-state index is 13.2. The van der Waals surface area contributed by atoms with E-state index in [9.17, 15) is 26.0 Å². The Labute approximate surface area is 180 Å². The minimum atomic E-state index is -4.69. The molecule has 0 spiro atoms. The van der Waals surface area contributed by atoms with E-state index in [0.29, 0.717) is 12.6 Å². The maximum absolute atomic E-state index is 13.2. The molecule has 1 aromatic carbocycles. The predicted molar refractivity (Wildman–Crippen MR) is 113 cm³/mol. The monoisotopic (exact) mass is 539 g/mol. The lowest BCUT2D eigenvalue weighted by Crippen LogP contribution is -2.41. The first-order valence-corrected chi connectivity index (χ1v) is 10.0. The predicted octanol–water partition coefficient (Wildman–Crippen LogP) is 3.73. The largest absolute Gasteiger partial charge is 0.416 e. The minimum absolute atomic E-state index is 0. The van der Waals surface area contributed by atoms with Gasteiger partial charge in [0.1, 0.15) is 5.82 Å². The fraction of sp³-hybridized carbons (Fsp3) is 0.588. The van der Waals surface area contributed by atoms with Crippen molar-refractivity contribution in [3.05, 3.63) is 35.1 Å². The van der Waals surface area contributed by atoms with Crippen molar-refractivity contribution in [2.75, 3.05) is 18.8 Å². The van der Waals surface area contributed by atoms with E-state index in [2.05, 4.69) is 15.6 Å². The van der Waals surface area contributed by atoms with Gasteiger partial charge in [0.25, 0.3) is 0 Å². The summed E-state index contributed by atoms with van der Waals surface area (Å²) in [5.41, 5.74) is -1.26. The molecule has 0 saturated carbocycles. The van der Waals surface area contributed by atoms with Crippen molar-refractivity contribution in [2.24, 2.45) is 4.99 Å². The second-order valence-corrected chi connectivity index (χ2v) is 9.71. The number of benzene rings is 1. The number of hydrogen-bond acceptors (Lipinski definition) is 3. The second-order valence-electron chi connectivity index (χ2n) is 6.85. The highest BCUT2D eigenvalue weighted by Gasteiger charge is 2.33. The van der Waals surface area contributed by atoms with E-state index in [4.69, 9.17) is 0 Å². The van der Waals surface area contributed by atoms with Gasteiger partial charge in [-0.15, -0.1) is 24.0 Å². The summed E-state index contributed by atoms with van der Waals surface area (Å²) >= 11 is 0. The van der Waals surface area contributed by atoms with E-state index in [1.165, 1.54) is 0 Å². The van der Waals surface area contributed by atoms with E-state index in [1.54, 1.807) is 27.7 Å². The van der Waals surface area contributed by atoms with Crippen molar-refractivity contribution in [3.63, 3.8) is 0 Å². The topological polar surface area (TPSA) is 70.6 Å². The lowest BCUT2D eigenvalue weighted by molar-refractivity contribution is -0.138. The van der Waals surface area contributed by atoms with Crippen LogP contribution in [0.25, 0.3) is 0 Å². The molecule has 0 atom stereocenters. The maximum Gasteiger partial charge on any atom is 0.416 e. The SMILES string of the molecule is CCNC(=NCc1ccc(F)cc1C(F)(F)F)NCCS(=O)(=O)C(C)(C)C.I. The second kappa shape index (κ2) is 10.6. The molecule has 0 heterocycles. The molecule has 5 nitrogen and oxygen atoms in total. The van der Waals surface area contributed by atoms with Gasteiger partial charge in [-0.2, -0.15) is 13.2 Å². The number of guanidine groups is 1. The summed E-state index contributed by atoms with van der Waals surface area (Å²) in [4.78, 5) is 4.05. The van der Waals surface area contributed by atoms with Gasteiger partial charge < -0.3 is 10.6 Å². The van der Waals surface area contributed by atoms with Gasteiger partial charge in [-0.1, -0.05) is 6.07 Å². The lowest BCUT2D eigenvalue weighted by Gasteiger charge is -2.20. The van der Waals surface area contributed by atoms with Crippen LogP contribution in [0.2, 0.25) is 0 Å². The third kappa shape index (κ3) is 8.10. The smallest absolute Gasteiger partial charge is 0.357 e. The zero-order chi connectivity index (χ0) is 20.9. The molecule has 28 heavy (non-hydrogen) atoms. The molecule has 0 bridgehead atoms. The highest BCUT2D eigenvalue weighted by Crippen LogP contribution is 2.32. The van der Waals surface area contributed by atoms with Crippen molar-refractivity contribution in [3.8, 4) is 0 Å². The minimum Gasteiger partial charge on any atom is -0.357 e. The van der Waals surface area contributed by atoms with Crippen LogP contribution in [-0.2, 0) is 22.6 Å². The third-order valence-corrected chi connectivity index (χ3v) is 6.33. The zero-order valence-electron chi connectivity index (χ0n) is 16.2. The van der Waals surface area contributed by atoms with Crippen molar-refractivity contribution >= 4 is 39.8 Å². The van der Waals surface area contributed by atoms with Crippen molar-refractivity contribution in [2.45, 2.75) is 45.2 Å². The summed E-state index contributed by atoms with van der Waals surface area (Å²) in [6, 6.07) is 2.41. The summed E-state index contributed by atoms with van der Waals surface area (Å²) < 4.78 is 75.5. The van der Waals surface area contributed by atoms with Crippen LogP contribution >= 0.6 is 24.0 Å². The quantitative estimate of drug-likeness (QED) is 0.250. The fourth-order valence-electron chi connectivity index (χ4n) is 2.07. The van der Waals surface area contributed by atoms with Gasteiger partial charge in [0.05, 0.1) is 22.6 Å². The molecule has 1 aromatic rings. The molecule has 0 aliphatic heterocycles. The Kier molecular flexibility index (Phi) is 10.2. The Balaban J connectivity index is 0.00000729.